The second-order valence-electron chi connectivity index (χ2n) is 8.88. The first-order valence-corrected chi connectivity index (χ1v) is 14.3. The van der Waals surface area contributed by atoms with Gasteiger partial charge in [-0.3, -0.25) is 13.9 Å². The molecule has 0 aliphatic heterocycles. The Morgan fingerprint density at radius 1 is 0.947 bits per heavy atom. The van der Waals surface area contributed by atoms with Gasteiger partial charge in [0, 0.05) is 38.0 Å². The third-order valence-electron chi connectivity index (χ3n) is 6.05. The molecule has 3 aromatic rings. The van der Waals surface area contributed by atoms with Crippen molar-refractivity contribution in [3.05, 3.63) is 101 Å². The van der Waals surface area contributed by atoms with Crippen LogP contribution in [0.5, 0.6) is 0 Å². The molecule has 0 aliphatic rings. The van der Waals surface area contributed by atoms with E-state index in [0.717, 1.165) is 11.8 Å². The third kappa shape index (κ3) is 8.29. The minimum Gasteiger partial charge on any atom is -0.357 e. The van der Waals surface area contributed by atoms with E-state index in [1.165, 1.54) is 28.4 Å². The van der Waals surface area contributed by atoms with Crippen LogP contribution in [0.25, 0.3) is 0 Å². The van der Waals surface area contributed by atoms with E-state index >= 15 is 0 Å². The molecule has 10 heteroatoms. The Morgan fingerprint density at radius 2 is 1.58 bits per heavy atom. The van der Waals surface area contributed by atoms with Crippen molar-refractivity contribution in [3.8, 4) is 0 Å². The minimum absolute atomic E-state index is 0.00306. The molecule has 0 heterocycles. The molecule has 38 heavy (non-hydrogen) atoms. The first-order chi connectivity index (χ1) is 18.1. The molecule has 2 amide bonds. The number of amides is 2. The Labute approximate surface area is 228 Å². The van der Waals surface area contributed by atoms with E-state index in [0.29, 0.717) is 16.3 Å². The summed E-state index contributed by atoms with van der Waals surface area (Å²) in [5.41, 5.74) is 1.99. The first kappa shape index (κ1) is 29.1. The summed E-state index contributed by atoms with van der Waals surface area (Å²) in [6.07, 6.45) is 1.61. The van der Waals surface area contributed by atoms with Crippen LogP contribution in [0.15, 0.2) is 78.9 Å². The SMILES string of the molecule is CNC(=O)[C@@H](Cc1ccccc1)N(Cc1ccc(F)cc1)C(=O)CCCN(c1ccc(Cl)cc1)S(C)(=O)=O. The van der Waals surface area contributed by atoms with Crippen molar-refractivity contribution >= 4 is 39.1 Å². The number of carbonyl (C=O) groups excluding carboxylic acids is 2. The lowest BCUT2D eigenvalue weighted by molar-refractivity contribution is -0.141. The molecule has 202 valence electrons. The highest BCUT2D eigenvalue weighted by Gasteiger charge is 2.30. The Balaban J connectivity index is 1.83. The largest absolute Gasteiger partial charge is 0.357 e. The third-order valence-corrected chi connectivity index (χ3v) is 7.50. The minimum atomic E-state index is -3.61. The molecule has 1 N–H and O–H groups in total. The van der Waals surface area contributed by atoms with Gasteiger partial charge in [-0.05, 0) is 53.9 Å². The number of rotatable bonds is 12. The van der Waals surface area contributed by atoms with Crippen LogP contribution >= 0.6 is 11.6 Å². The van der Waals surface area contributed by atoms with Gasteiger partial charge in [-0.25, -0.2) is 12.8 Å². The predicted molar refractivity (Wildman–Crippen MR) is 148 cm³/mol. The Morgan fingerprint density at radius 3 is 2.16 bits per heavy atom. The average molecular weight is 560 g/mol. The first-order valence-electron chi connectivity index (χ1n) is 12.1. The van der Waals surface area contributed by atoms with Gasteiger partial charge in [0.15, 0.2) is 0 Å². The number of likely N-dealkylation sites (N-methyl/N-ethyl adjacent to an activating group) is 1. The quantitative estimate of drug-likeness (QED) is 0.356. The molecule has 0 bridgehead atoms. The number of halogens is 2. The fourth-order valence-electron chi connectivity index (χ4n) is 4.12. The topological polar surface area (TPSA) is 86.8 Å². The van der Waals surface area contributed by atoms with Gasteiger partial charge in [-0.1, -0.05) is 54.1 Å². The fraction of sp³-hybridized carbons (Fsp3) is 0.286. The van der Waals surface area contributed by atoms with Crippen LogP contribution < -0.4 is 9.62 Å². The van der Waals surface area contributed by atoms with Crippen molar-refractivity contribution in [3.63, 3.8) is 0 Å². The van der Waals surface area contributed by atoms with Crippen molar-refractivity contribution < 1.29 is 22.4 Å². The lowest BCUT2D eigenvalue weighted by atomic mass is 10.0. The molecule has 0 fully saturated rings. The summed E-state index contributed by atoms with van der Waals surface area (Å²) in [7, 11) is -2.10. The zero-order chi connectivity index (χ0) is 27.7. The summed E-state index contributed by atoms with van der Waals surface area (Å²) in [6.45, 7) is 0.164. The lowest BCUT2D eigenvalue weighted by Crippen LogP contribution is -2.49. The van der Waals surface area contributed by atoms with Crippen LogP contribution in [-0.2, 0) is 32.6 Å². The zero-order valence-electron chi connectivity index (χ0n) is 21.3. The van der Waals surface area contributed by atoms with Gasteiger partial charge >= 0.3 is 0 Å². The average Bonchev–Trinajstić information content (AvgIpc) is 2.89. The summed E-state index contributed by atoms with van der Waals surface area (Å²) in [4.78, 5) is 28.0. The highest BCUT2D eigenvalue weighted by molar-refractivity contribution is 7.92. The number of nitrogens with one attached hydrogen (secondary N) is 1. The number of benzene rings is 3. The Bertz CT molecular complexity index is 1320. The maximum absolute atomic E-state index is 13.6. The van der Waals surface area contributed by atoms with Gasteiger partial charge in [0.05, 0.1) is 11.9 Å². The van der Waals surface area contributed by atoms with E-state index in [4.69, 9.17) is 11.6 Å². The molecule has 1 atom stereocenters. The van der Waals surface area contributed by atoms with E-state index in [2.05, 4.69) is 5.32 Å². The maximum Gasteiger partial charge on any atom is 0.242 e. The maximum atomic E-state index is 13.6. The number of sulfonamides is 1. The van der Waals surface area contributed by atoms with Gasteiger partial charge in [0.25, 0.3) is 0 Å². The van der Waals surface area contributed by atoms with Crippen molar-refractivity contribution in [2.75, 3.05) is 24.2 Å². The molecule has 0 aliphatic carbocycles. The summed E-state index contributed by atoms with van der Waals surface area (Å²) in [5, 5.41) is 3.12. The molecule has 7 nitrogen and oxygen atoms in total. The lowest BCUT2D eigenvalue weighted by Gasteiger charge is -2.31. The molecule has 3 rings (SSSR count). The Kier molecular flexibility index (Phi) is 10.3. The number of hydrogen-bond donors (Lipinski definition) is 1. The number of nitrogens with zero attached hydrogens (tertiary/aromatic N) is 2. The summed E-state index contributed by atoms with van der Waals surface area (Å²) >= 11 is 5.94. The second-order valence-corrected chi connectivity index (χ2v) is 11.2. The van der Waals surface area contributed by atoms with E-state index < -0.39 is 21.9 Å². The van der Waals surface area contributed by atoms with Crippen molar-refractivity contribution in [1.29, 1.82) is 0 Å². The van der Waals surface area contributed by atoms with E-state index in [1.54, 1.807) is 36.4 Å². The monoisotopic (exact) mass is 559 g/mol. The summed E-state index contributed by atoms with van der Waals surface area (Å²) in [6, 6.07) is 20.7. The summed E-state index contributed by atoms with van der Waals surface area (Å²) in [5.74, 6) is -1.05. The van der Waals surface area contributed by atoms with Gasteiger partial charge in [-0.15, -0.1) is 0 Å². The molecular formula is C28H31ClFN3O4S. The normalized spacial score (nSPS) is 12.0. The molecule has 0 spiro atoms. The smallest absolute Gasteiger partial charge is 0.242 e. The number of anilines is 1. The van der Waals surface area contributed by atoms with Gasteiger partial charge in [0.1, 0.15) is 11.9 Å². The standard InChI is InChI=1S/C28H31ClFN3O4S/c1-31-28(35)26(19-21-7-4-3-5-8-21)32(20-22-10-14-24(30)15-11-22)27(34)9-6-18-33(38(2,36)37)25-16-12-23(29)13-17-25/h3-5,7-8,10-17,26H,6,9,18-20H2,1-2H3,(H,31,35)/t26-/m1/s1. The van der Waals surface area contributed by atoms with Gasteiger partial charge < -0.3 is 10.2 Å². The predicted octanol–water partition coefficient (Wildman–Crippen LogP) is 4.41. The van der Waals surface area contributed by atoms with Crippen molar-refractivity contribution in [1.82, 2.24) is 10.2 Å². The van der Waals surface area contributed by atoms with Crippen LogP contribution in [-0.4, -0.2) is 51.0 Å². The van der Waals surface area contributed by atoms with Gasteiger partial charge in [-0.2, -0.15) is 0 Å². The van der Waals surface area contributed by atoms with Crippen LogP contribution in [0, 0.1) is 5.82 Å². The molecule has 3 aromatic carbocycles. The van der Waals surface area contributed by atoms with E-state index in [-0.39, 0.29) is 44.2 Å². The fourth-order valence-corrected chi connectivity index (χ4v) is 5.21. The molecule has 0 radical (unpaired) electrons. The number of hydrogen-bond acceptors (Lipinski definition) is 4. The van der Waals surface area contributed by atoms with Gasteiger partial charge in [0.2, 0.25) is 21.8 Å². The Hall–Kier alpha value is -3.43. The van der Waals surface area contributed by atoms with Crippen molar-refractivity contribution in [2.24, 2.45) is 0 Å². The highest BCUT2D eigenvalue weighted by atomic mass is 35.5. The van der Waals surface area contributed by atoms with E-state index in [9.17, 15) is 22.4 Å². The van der Waals surface area contributed by atoms with E-state index in [1.807, 2.05) is 30.3 Å². The number of carbonyl (C=O) groups is 2. The molecular weight excluding hydrogens is 529 g/mol. The molecule has 0 saturated heterocycles. The molecule has 0 aromatic heterocycles. The molecule has 0 saturated carbocycles. The molecule has 0 unspecified atom stereocenters. The second kappa shape index (κ2) is 13.4. The van der Waals surface area contributed by atoms with Crippen LogP contribution in [0.3, 0.4) is 0 Å². The van der Waals surface area contributed by atoms with Crippen LogP contribution in [0.1, 0.15) is 24.0 Å². The van der Waals surface area contributed by atoms with Crippen LogP contribution in [0.4, 0.5) is 10.1 Å². The van der Waals surface area contributed by atoms with Crippen LogP contribution in [0.2, 0.25) is 5.02 Å². The highest BCUT2D eigenvalue weighted by Crippen LogP contribution is 2.22. The summed E-state index contributed by atoms with van der Waals surface area (Å²) < 4.78 is 39.6. The zero-order valence-corrected chi connectivity index (χ0v) is 22.9. The van der Waals surface area contributed by atoms with Crippen molar-refractivity contribution in [2.45, 2.75) is 31.8 Å².